The van der Waals surface area contributed by atoms with Crippen molar-refractivity contribution in [3.8, 4) is 0 Å². The van der Waals surface area contributed by atoms with E-state index in [1.807, 2.05) is 23.4 Å². The molecule has 1 aliphatic heterocycles. The van der Waals surface area contributed by atoms with E-state index < -0.39 is 6.04 Å². The molecule has 0 radical (unpaired) electrons. The highest BCUT2D eigenvalue weighted by Crippen LogP contribution is 2.14. The Morgan fingerprint density at radius 3 is 2.44 bits per heavy atom. The van der Waals surface area contributed by atoms with Crippen LogP contribution in [0.3, 0.4) is 0 Å². The van der Waals surface area contributed by atoms with E-state index in [1.165, 1.54) is 11.3 Å². The number of hydrogen-bond acceptors (Lipinski definition) is 5. The molecule has 0 bridgehead atoms. The van der Waals surface area contributed by atoms with Crippen LogP contribution >= 0.6 is 11.3 Å². The lowest BCUT2D eigenvalue weighted by atomic mass is 10.0. The Hall–Kier alpha value is -1.73. The highest BCUT2D eigenvalue weighted by molar-refractivity contribution is 7.12. The Morgan fingerprint density at radius 1 is 1.15 bits per heavy atom. The Bertz CT molecular complexity index is 622. The molecule has 7 heteroatoms. The van der Waals surface area contributed by atoms with E-state index in [4.69, 9.17) is 0 Å². The zero-order valence-electron chi connectivity index (χ0n) is 16.6. The third kappa shape index (κ3) is 7.07. The van der Waals surface area contributed by atoms with Crippen molar-refractivity contribution in [3.63, 3.8) is 0 Å². The van der Waals surface area contributed by atoms with Gasteiger partial charge in [0.05, 0.1) is 4.88 Å². The van der Waals surface area contributed by atoms with Gasteiger partial charge in [0.25, 0.3) is 0 Å². The summed E-state index contributed by atoms with van der Waals surface area (Å²) in [6, 6.07) is 3.18. The van der Waals surface area contributed by atoms with E-state index in [9.17, 15) is 14.4 Å². The maximum Gasteiger partial charge on any atom is 0.245 e. The van der Waals surface area contributed by atoms with Crippen molar-refractivity contribution in [3.05, 3.63) is 22.4 Å². The summed E-state index contributed by atoms with van der Waals surface area (Å²) in [7, 11) is 2.05. The van der Waals surface area contributed by atoms with Gasteiger partial charge < -0.3 is 15.1 Å². The first-order chi connectivity index (χ1) is 12.9. The third-order valence-electron chi connectivity index (χ3n) is 4.76. The number of ketones is 1. The molecule has 1 N–H and O–H groups in total. The van der Waals surface area contributed by atoms with Gasteiger partial charge in [-0.3, -0.25) is 14.4 Å². The second kappa shape index (κ2) is 10.6. The molecule has 1 aromatic heterocycles. The van der Waals surface area contributed by atoms with Gasteiger partial charge in [0, 0.05) is 39.0 Å². The van der Waals surface area contributed by atoms with Crippen LogP contribution < -0.4 is 5.32 Å². The lowest BCUT2D eigenvalue weighted by Gasteiger charge is -2.35. The molecular weight excluding hydrogens is 362 g/mol. The number of nitrogens with zero attached hydrogens (tertiary/aromatic N) is 2. The summed E-state index contributed by atoms with van der Waals surface area (Å²) in [5.74, 6) is 0.249. The normalized spacial score (nSPS) is 16.4. The van der Waals surface area contributed by atoms with Gasteiger partial charge in [0.1, 0.15) is 6.04 Å². The number of rotatable bonds is 9. The van der Waals surface area contributed by atoms with Gasteiger partial charge in [-0.2, -0.15) is 0 Å². The average molecular weight is 394 g/mol. The standard InChI is InChI=1S/C20H31N3O3S/c1-15(2)14-16(20(26)23-11-9-22(3)10-12-23)21-19(25)8-4-6-17(24)18-7-5-13-27-18/h5,7,13,15-16H,4,6,8-12,14H2,1-3H3,(H,21,25)/t16-/m1/s1. The number of amides is 2. The monoisotopic (exact) mass is 393 g/mol. The minimum Gasteiger partial charge on any atom is -0.344 e. The van der Waals surface area contributed by atoms with E-state index in [0.717, 1.165) is 18.0 Å². The number of piperazine rings is 1. The minimum absolute atomic E-state index is 0.0137. The first-order valence-electron chi connectivity index (χ1n) is 9.70. The topological polar surface area (TPSA) is 69.7 Å². The van der Waals surface area contributed by atoms with Crippen LogP contribution in [0.4, 0.5) is 0 Å². The Morgan fingerprint density at radius 2 is 1.85 bits per heavy atom. The maximum absolute atomic E-state index is 12.9. The molecule has 1 saturated heterocycles. The van der Waals surface area contributed by atoms with E-state index in [0.29, 0.717) is 38.3 Å². The summed E-state index contributed by atoms with van der Waals surface area (Å²) in [6.45, 7) is 7.23. The fourth-order valence-electron chi connectivity index (χ4n) is 3.18. The number of carbonyl (C=O) groups excluding carboxylic acids is 3. The molecule has 1 atom stereocenters. The number of likely N-dealkylation sites (N-methyl/N-ethyl adjacent to an activating group) is 1. The predicted octanol–water partition coefficient (Wildman–Crippen LogP) is 2.41. The fourth-order valence-corrected chi connectivity index (χ4v) is 3.87. The van der Waals surface area contributed by atoms with Crippen molar-refractivity contribution in [1.29, 1.82) is 0 Å². The van der Waals surface area contributed by atoms with Crippen LogP contribution in [0.1, 0.15) is 49.2 Å². The van der Waals surface area contributed by atoms with Crippen LogP contribution in [0.25, 0.3) is 0 Å². The molecule has 0 spiro atoms. The summed E-state index contributed by atoms with van der Waals surface area (Å²) < 4.78 is 0. The minimum atomic E-state index is -0.478. The van der Waals surface area contributed by atoms with Gasteiger partial charge in [0.2, 0.25) is 11.8 Å². The summed E-state index contributed by atoms with van der Waals surface area (Å²) in [5, 5.41) is 4.79. The van der Waals surface area contributed by atoms with Crippen molar-refractivity contribution in [2.24, 2.45) is 5.92 Å². The second-order valence-electron chi connectivity index (χ2n) is 7.63. The SMILES string of the molecule is CC(C)C[C@@H](NC(=O)CCCC(=O)c1cccs1)C(=O)N1CCN(C)CC1. The summed E-state index contributed by atoms with van der Waals surface area (Å²) in [5.41, 5.74) is 0. The lowest BCUT2D eigenvalue weighted by Crippen LogP contribution is -2.54. The van der Waals surface area contributed by atoms with Crippen molar-refractivity contribution in [2.45, 2.75) is 45.6 Å². The Labute approximate surface area is 165 Å². The number of thiophene rings is 1. The third-order valence-corrected chi connectivity index (χ3v) is 5.67. The fraction of sp³-hybridized carbons (Fsp3) is 0.650. The zero-order chi connectivity index (χ0) is 19.8. The molecular formula is C20H31N3O3S. The molecule has 2 rings (SSSR count). The molecule has 0 aromatic carbocycles. The molecule has 1 aliphatic rings. The smallest absolute Gasteiger partial charge is 0.245 e. The van der Waals surface area contributed by atoms with E-state index >= 15 is 0 Å². The molecule has 1 aromatic rings. The van der Waals surface area contributed by atoms with Gasteiger partial charge in [-0.1, -0.05) is 19.9 Å². The van der Waals surface area contributed by atoms with Gasteiger partial charge in [-0.25, -0.2) is 0 Å². The summed E-state index contributed by atoms with van der Waals surface area (Å²) in [4.78, 5) is 42.0. The number of carbonyl (C=O) groups is 3. The molecule has 6 nitrogen and oxygen atoms in total. The molecule has 0 unspecified atom stereocenters. The maximum atomic E-state index is 12.9. The highest BCUT2D eigenvalue weighted by Gasteiger charge is 2.28. The zero-order valence-corrected chi connectivity index (χ0v) is 17.4. The molecule has 1 fully saturated rings. The second-order valence-corrected chi connectivity index (χ2v) is 8.58. The van der Waals surface area contributed by atoms with E-state index in [2.05, 4.69) is 24.1 Å². The number of nitrogens with one attached hydrogen (secondary N) is 1. The number of Topliss-reactive ketones (excluding diaryl/α,β-unsaturated/α-hetero) is 1. The average Bonchev–Trinajstić information content (AvgIpc) is 3.15. The first kappa shape index (κ1) is 21.6. The van der Waals surface area contributed by atoms with Gasteiger partial charge in [0.15, 0.2) is 5.78 Å². The largest absolute Gasteiger partial charge is 0.344 e. The van der Waals surface area contributed by atoms with Crippen molar-refractivity contribution in [1.82, 2.24) is 15.1 Å². The highest BCUT2D eigenvalue weighted by atomic mass is 32.1. The molecule has 0 saturated carbocycles. The van der Waals surface area contributed by atoms with Gasteiger partial charge >= 0.3 is 0 Å². The number of hydrogen-bond donors (Lipinski definition) is 1. The predicted molar refractivity (Wildman–Crippen MR) is 108 cm³/mol. The molecule has 2 amide bonds. The van der Waals surface area contributed by atoms with Crippen LogP contribution in [0.2, 0.25) is 0 Å². The van der Waals surface area contributed by atoms with Crippen molar-refractivity contribution in [2.75, 3.05) is 33.2 Å². The quantitative estimate of drug-likeness (QED) is 0.654. The van der Waals surface area contributed by atoms with E-state index in [-0.39, 0.29) is 24.0 Å². The molecule has 2 heterocycles. The molecule has 27 heavy (non-hydrogen) atoms. The van der Waals surface area contributed by atoms with Gasteiger partial charge in [-0.05, 0) is 37.3 Å². The lowest BCUT2D eigenvalue weighted by molar-refractivity contribution is -0.138. The summed E-state index contributed by atoms with van der Waals surface area (Å²) in [6.07, 6.45) is 1.75. The van der Waals surface area contributed by atoms with E-state index in [1.54, 1.807) is 6.07 Å². The van der Waals surface area contributed by atoms with Crippen LogP contribution in [0.5, 0.6) is 0 Å². The van der Waals surface area contributed by atoms with Crippen LogP contribution in [0, 0.1) is 5.92 Å². The van der Waals surface area contributed by atoms with Crippen LogP contribution in [-0.4, -0.2) is 66.7 Å². The van der Waals surface area contributed by atoms with Crippen LogP contribution in [-0.2, 0) is 9.59 Å². The van der Waals surface area contributed by atoms with Crippen molar-refractivity contribution >= 4 is 28.9 Å². The van der Waals surface area contributed by atoms with Gasteiger partial charge in [-0.15, -0.1) is 11.3 Å². The van der Waals surface area contributed by atoms with Crippen molar-refractivity contribution < 1.29 is 14.4 Å². The molecule has 0 aliphatic carbocycles. The van der Waals surface area contributed by atoms with Crippen LogP contribution in [0.15, 0.2) is 17.5 Å². The first-order valence-corrected chi connectivity index (χ1v) is 10.6. The Balaban J connectivity index is 1.82. The summed E-state index contributed by atoms with van der Waals surface area (Å²) >= 11 is 1.42. The Kier molecular flexibility index (Phi) is 8.44. The molecule has 150 valence electrons.